The van der Waals surface area contributed by atoms with Gasteiger partial charge < -0.3 is 14.2 Å². The van der Waals surface area contributed by atoms with Gasteiger partial charge in [0.2, 0.25) is 0 Å². The van der Waals surface area contributed by atoms with Crippen molar-refractivity contribution in [1.82, 2.24) is 0 Å². The summed E-state index contributed by atoms with van der Waals surface area (Å²) >= 11 is 0. The van der Waals surface area contributed by atoms with Gasteiger partial charge in [-0.3, -0.25) is 14.4 Å². The molecule has 0 spiro atoms. The Balaban J connectivity index is 4.37. The smallest absolute Gasteiger partial charge is 0.306 e. The Morgan fingerprint density at radius 3 is 0.882 bits per heavy atom. The van der Waals surface area contributed by atoms with Crippen molar-refractivity contribution in [2.75, 3.05) is 13.2 Å². The maximum absolute atomic E-state index is 12.9. The van der Waals surface area contributed by atoms with Crippen LogP contribution in [-0.2, 0) is 28.6 Å². The molecule has 1 unspecified atom stereocenters. The summed E-state index contributed by atoms with van der Waals surface area (Å²) in [6.45, 7) is 6.33. The van der Waals surface area contributed by atoms with E-state index >= 15 is 0 Å². The summed E-state index contributed by atoms with van der Waals surface area (Å²) in [5, 5.41) is 0. The number of allylic oxidation sites excluding steroid dienone is 22. The van der Waals surface area contributed by atoms with E-state index in [1.807, 2.05) is 6.08 Å². The van der Waals surface area contributed by atoms with Gasteiger partial charge in [-0.05, 0) is 122 Å². The van der Waals surface area contributed by atoms with Gasteiger partial charge in [-0.15, -0.1) is 0 Å². The predicted octanol–water partition coefficient (Wildman–Crippen LogP) is 21.4. The number of hydrogen-bond donors (Lipinski definition) is 0. The van der Waals surface area contributed by atoms with Gasteiger partial charge in [-0.1, -0.05) is 264 Å². The van der Waals surface area contributed by atoms with Crippen LogP contribution < -0.4 is 0 Å². The van der Waals surface area contributed by atoms with Crippen LogP contribution in [0.2, 0.25) is 0 Å². The van der Waals surface area contributed by atoms with E-state index < -0.39 is 6.10 Å². The standard InChI is InChI=1S/C70H114O6/c1-4-7-10-13-16-19-22-25-27-29-31-32-33-34-35-36-37-38-39-41-42-45-48-51-54-57-60-63-69(72)75-66-67(65-74-68(71)62-59-56-53-50-47-44-24-21-18-15-12-9-6-3)76-70(73)64-61-58-55-52-49-46-43-40-30-28-26-23-20-17-14-11-8-5-2/h7,9-10,12,16,18-21,23,25,27-28,30-32,34-35,44,47,53,56,67H,4-6,8,11,13-15,17,22,24,26,29,33,36-43,45-46,48-52,54-55,57-66H2,1-3H3/b10-7-,12-9-,19-16-,21-18-,23-20-,27-25-,30-28-,32-31-,35-34-,47-44-,56-53-. The van der Waals surface area contributed by atoms with Crippen LogP contribution in [-0.4, -0.2) is 37.2 Å². The normalized spacial score (nSPS) is 13.0. The molecule has 430 valence electrons. The van der Waals surface area contributed by atoms with Gasteiger partial charge in [0.05, 0.1) is 0 Å². The molecule has 0 fully saturated rings. The summed E-state index contributed by atoms with van der Waals surface area (Å²) < 4.78 is 16.8. The Morgan fingerprint density at radius 1 is 0.276 bits per heavy atom. The van der Waals surface area contributed by atoms with Gasteiger partial charge in [0, 0.05) is 19.3 Å². The van der Waals surface area contributed by atoms with Crippen molar-refractivity contribution in [3.63, 3.8) is 0 Å². The van der Waals surface area contributed by atoms with E-state index in [1.165, 1.54) is 116 Å². The van der Waals surface area contributed by atoms with E-state index in [2.05, 4.69) is 148 Å². The monoisotopic (exact) mass is 1050 g/mol. The van der Waals surface area contributed by atoms with Gasteiger partial charge in [0.25, 0.3) is 0 Å². The van der Waals surface area contributed by atoms with Crippen LogP contribution in [0.25, 0.3) is 0 Å². The molecule has 0 bridgehead atoms. The zero-order valence-electron chi connectivity index (χ0n) is 49.2. The van der Waals surface area contributed by atoms with Crippen molar-refractivity contribution in [3.05, 3.63) is 134 Å². The molecule has 0 N–H and O–H groups in total. The summed E-state index contributed by atoms with van der Waals surface area (Å²) in [5.41, 5.74) is 0. The number of carbonyl (C=O) groups is 3. The number of esters is 3. The molecule has 6 nitrogen and oxygen atoms in total. The molecule has 0 radical (unpaired) electrons. The number of hydrogen-bond acceptors (Lipinski definition) is 6. The molecule has 0 saturated carbocycles. The topological polar surface area (TPSA) is 78.9 Å². The molecule has 0 rings (SSSR count). The minimum Gasteiger partial charge on any atom is -0.462 e. The second-order valence-electron chi connectivity index (χ2n) is 20.2. The third-order valence-electron chi connectivity index (χ3n) is 12.9. The third kappa shape index (κ3) is 60.4. The average Bonchev–Trinajstić information content (AvgIpc) is 3.42. The van der Waals surface area contributed by atoms with Crippen LogP contribution in [0.1, 0.15) is 271 Å². The highest BCUT2D eigenvalue weighted by Crippen LogP contribution is 2.15. The van der Waals surface area contributed by atoms with Crippen molar-refractivity contribution < 1.29 is 28.6 Å². The highest BCUT2D eigenvalue weighted by atomic mass is 16.6. The molecular weight excluding hydrogens is 937 g/mol. The number of unbranched alkanes of at least 4 members (excludes halogenated alkanes) is 22. The summed E-state index contributed by atoms with van der Waals surface area (Å²) in [4.78, 5) is 38.2. The van der Waals surface area contributed by atoms with Gasteiger partial charge in [0.15, 0.2) is 6.10 Å². The maximum Gasteiger partial charge on any atom is 0.306 e. The van der Waals surface area contributed by atoms with Crippen LogP contribution >= 0.6 is 0 Å². The lowest BCUT2D eigenvalue weighted by Crippen LogP contribution is -2.30. The van der Waals surface area contributed by atoms with Gasteiger partial charge in [-0.2, -0.15) is 0 Å². The molecule has 0 aliphatic heterocycles. The first-order valence-corrected chi connectivity index (χ1v) is 31.2. The second-order valence-corrected chi connectivity index (χ2v) is 20.2. The number of ether oxygens (including phenoxy) is 3. The Hall–Kier alpha value is -4.45. The van der Waals surface area contributed by atoms with Crippen molar-refractivity contribution in [3.8, 4) is 0 Å². The van der Waals surface area contributed by atoms with Crippen molar-refractivity contribution in [1.29, 1.82) is 0 Å². The largest absolute Gasteiger partial charge is 0.462 e. The van der Waals surface area contributed by atoms with Crippen LogP contribution in [0.15, 0.2) is 134 Å². The lowest BCUT2D eigenvalue weighted by atomic mass is 10.0. The van der Waals surface area contributed by atoms with E-state index in [4.69, 9.17) is 14.2 Å². The lowest BCUT2D eigenvalue weighted by molar-refractivity contribution is -0.166. The molecule has 0 aromatic rings. The van der Waals surface area contributed by atoms with Crippen LogP contribution in [0.5, 0.6) is 0 Å². The Bertz CT molecular complexity index is 1630. The first-order chi connectivity index (χ1) is 37.5. The fourth-order valence-corrected chi connectivity index (χ4v) is 8.28. The van der Waals surface area contributed by atoms with Crippen molar-refractivity contribution in [2.45, 2.75) is 277 Å². The van der Waals surface area contributed by atoms with Crippen molar-refractivity contribution >= 4 is 17.9 Å². The number of carbonyl (C=O) groups excluding carboxylic acids is 3. The van der Waals surface area contributed by atoms with Crippen LogP contribution in [0.3, 0.4) is 0 Å². The fourth-order valence-electron chi connectivity index (χ4n) is 8.28. The third-order valence-corrected chi connectivity index (χ3v) is 12.9. The molecule has 6 heteroatoms. The highest BCUT2D eigenvalue weighted by Gasteiger charge is 2.19. The molecule has 0 aromatic heterocycles. The fraction of sp³-hybridized carbons (Fsp3) is 0.643. The van der Waals surface area contributed by atoms with Crippen LogP contribution in [0.4, 0.5) is 0 Å². The maximum atomic E-state index is 12.9. The second kappa shape index (κ2) is 63.1. The van der Waals surface area contributed by atoms with E-state index in [1.54, 1.807) is 0 Å². The van der Waals surface area contributed by atoms with E-state index in [0.717, 1.165) is 109 Å². The lowest BCUT2D eigenvalue weighted by Gasteiger charge is -2.18. The molecule has 0 aliphatic carbocycles. The molecule has 0 aliphatic rings. The molecule has 0 saturated heterocycles. The zero-order chi connectivity index (χ0) is 55.0. The van der Waals surface area contributed by atoms with E-state index in [-0.39, 0.29) is 37.5 Å². The minimum atomic E-state index is -0.817. The van der Waals surface area contributed by atoms with Gasteiger partial charge >= 0.3 is 17.9 Å². The molecule has 0 aromatic carbocycles. The minimum absolute atomic E-state index is 0.108. The summed E-state index contributed by atoms with van der Waals surface area (Å²) in [5.74, 6) is -1.00. The summed E-state index contributed by atoms with van der Waals surface area (Å²) in [6, 6.07) is 0. The zero-order valence-corrected chi connectivity index (χ0v) is 49.2. The molecule has 76 heavy (non-hydrogen) atoms. The van der Waals surface area contributed by atoms with E-state index in [0.29, 0.717) is 19.3 Å². The Kier molecular flexibility index (Phi) is 59.4. The molecular formula is C70H114O6. The molecule has 0 amide bonds. The average molecular weight is 1050 g/mol. The first-order valence-electron chi connectivity index (χ1n) is 31.2. The Labute approximate surface area is 468 Å². The predicted molar refractivity (Wildman–Crippen MR) is 329 cm³/mol. The number of rotatable bonds is 55. The van der Waals surface area contributed by atoms with Gasteiger partial charge in [0.1, 0.15) is 13.2 Å². The van der Waals surface area contributed by atoms with E-state index in [9.17, 15) is 14.4 Å². The first kappa shape index (κ1) is 71.5. The Morgan fingerprint density at radius 2 is 0.539 bits per heavy atom. The molecule has 1 atom stereocenters. The van der Waals surface area contributed by atoms with Crippen LogP contribution in [0, 0.1) is 0 Å². The van der Waals surface area contributed by atoms with Gasteiger partial charge in [-0.25, -0.2) is 0 Å². The SMILES string of the molecule is CC/C=C\C/C=C\C/C=C\C/C=C\C/C=C\CCCCCCCCCCCCCC(=O)OCC(COC(=O)CC/C=C\C/C=C\C/C=C\C/C=C\CC)OC(=O)CCCCCCCCC/C=C\C/C=C\CCCCCC. The highest BCUT2D eigenvalue weighted by molar-refractivity contribution is 5.71. The van der Waals surface area contributed by atoms with Crippen molar-refractivity contribution in [2.24, 2.45) is 0 Å². The quantitative estimate of drug-likeness (QED) is 0.0261. The summed E-state index contributed by atoms with van der Waals surface area (Å²) in [6.07, 6.45) is 89.0. The molecule has 0 heterocycles. The summed E-state index contributed by atoms with van der Waals surface area (Å²) in [7, 11) is 0.